The van der Waals surface area contributed by atoms with Crippen LogP contribution >= 0.6 is 0 Å². The normalized spacial score (nSPS) is 13.7. The Hall–Kier alpha value is -1.84. The zero-order valence-electron chi connectivity index (χ0n) is 10.9. The molecule has 2 rings (SSSR count). The SMILES string of the molecule is O=C(O)CCCNC(=O)c1ccc2c(c1)CCCC2. The van der Waals surface area contributed by atoms with Crippen LogP contribution in [-0.4, -0.2) is 23.5 Å². The Kier molecular flexibility index (Phi) is 4.55. The number of carbonyl (C=O) groups is 2. The van der Waals surface area contributed by atoms with E-state index in [0.29, 0.717) is 18.5 Å². The summed E-state index contributed by atoms with van der Waals surface area (Å²) in [6.45, 7) is 0.405. The van der Waals surface area contributed by atoms with Gasteiger partial charge in [-0.2, -0.15) is 0 Å². The molecule has 0 aliphatic heterocycles. The van der Waals surface area contributed by atoms with E-state index in [1.165, 1.54) is 24.0 Å². The molecule has 0 atom stereocenters. The molecular weight excluding hydrogens is 242 g/mol. The molecule has 102 valence electrons. The van der Waals surface area contributed by atoms with Crippen molar-refractivity contribution in [2.45, 2.75) is 38.5 Å². The maximum atomic E-state index is 11.9. The Morgan fingerprint density at radius 2 is 1.89 bits per heavy atom. The number of hydrogen-bond donors (Lipinski definition) is 2. The molecule has 0 bridgehead atoms. The molecule has 0 saturated carbocycles. The quantitative estimate of drug-likeness (QED) is 0.798. The average Bonchev–Trinajstić information content (AvgIpc) is 2.42. The van der Waals surface area contributed by atoms with E-state index >= 15 is 0 Å². The van der Waals surface area contributed by atoms with E-state index in [-0.39, 0.29) is 12.3 Å². The molecule has 1 aromatic carbocycles. The molecule has 4 heteroatoms. The molecule has 1 aliphatic rings. The highest BCUT2D eigenvalue weighted by Gasteiger charge is 2.12. The lowest BCUT2D eigenvalue weighted by Crippen LogP contribution is -2.25. The van der Waals surface area contributed by atoms with Gasteiger partial charge in [0, 0.05) is 18.5 Å². The maximum Gasteiger partial charge on any atom is 0.303 e. The van der Waals surface area contributed by atoms with E-state index in [4.69, 9.17) is 5.11 Å². The molecule has 0 saturated heterocycles. The third-order valence-corrected chi connectivity index (χ3v) is 3.46. The highest BCUT2D eigenvalue weighted by molar-refractivity contribution is 5.94. The van der Waals surface area contributed by atoms with E-state index in [1.54, 1.807) is 0 Å². The zero-order valence-corrected chi connectivity index (χ0v) is 10.9. The van der Waals surface area contributed by atoms with Gasteiger partial charge in [-0.15, -0.1) is 0 Å². The van der Waals surface area contributed by atoms with Crippen LogP contribution in [0.5, 0.6) is 0 Å². The Balaban J connectivity index is 1.90. The maximum absolute atomic E-state index is 11.9. The largest absolute Gasteiger partial charge is 0.481 e. The minimum absolute atomic E-state index is 0.0878. The number of aryl methyl sites for hydroxylation is 2. The van der Waals surface area contributed by atoms with Gasteiger partial charge >= 0.3 is 5.97 Å². The molecule has 0 fully saturated rings. The van der Waals surface area contributed by atoms with Gasteiger partial charge in [0.1, 0.15) is 0 Å². The molecule has 1 amide bonds. The number of carboxylic acids is 1. The standard InChI is InChI=1S/C15H19NO3/c17-14(18)6-3-9-16-15(19)13-8-7-11-4-1-2-5-12(11)10-13/h7-8,10H,1-6,9H2,(H,16,19)(H,17,18). The Labute approximate surface area is 112 Å². The van der Waals surface area contributed by atoms with Crippen molar-refractivity contribution in [3.05, 3.63) is 34.9 Å². The van der Waals surface area contributed by atoms with Crippen molar-refractivity contribution in [2.75, 3.05) is 6.54 Å². The second-order valence-corrected chi connectivity index (χ2v) is 4.94. The molecule has 0 radical (unpaired) electrons. The summed E-state index contributed by atoms with van der Waals surface area (Å²) in [4.78, 5) is 22.3. The van der Waals surface area contributed by atoms with Gasteiger partial charge in [0.25, 0.3) is 5.91 Å². The first-order valence-corrected chi connectivity index (χ1v) is 6.78. The highest BCUT2D eigenvalue weighted by Crippen LogP contribution is 2.22. The van der Waals surface area contributed by atoms with Gasteiger partial charge in [-0.25, -0.2) is 0 Å². The van der Waals surface area contributed by atoms with Crippen molar-refractivity contribution < 1.29 is 14.7 Å². The first-order chi connectivity index (χ1) is 9.16. The van der Waals surface area contributed by atoms with Gasteiger partial charge in [0.2, 0.25) is 0 Å². The topological polar surface area (TPSA) is 66.4 Å². The third kappa shape index (κ3) is 3.81. The number of nitrogens with one attached hydrogen (secondary N) is 1. The second-order valence-electron chi connectivity index (χ2n) is 4.94. The number of fused-ring (bicyclic) bond motifs is 1. The van der Waals surface area contributed by atoms with Crippen molar-refractivity contribution in [1.29, 1.82) is 0 Å². The van der Waals surface area contributed by atoms with Gasteiger partial charge in [0.15, 0.2) is 0 Å². The van der Waals surface area contributed by atoms with Crippen LogP contribution in [0.4, 0.5) is 0 Å². The smallest absolute Gasteiger partial charge is 0.303 e. The Morgan fingerprint density at radius 3 is 2.63 bits per heavy atom. The number of amides is 1. The minimum atomic E-state index is -0.831. The Morgan fingerprint density at radius 1 is 1.16 bits per heavy atom. The molecule has 1 aliphatic carbocycles. The van der Waals surface area contributed by atoms with Gasteiger partial charge in [0.05, 0.1) is 0 Å². The van der Waals surface area contributed by atoms with Gasteiger partial charge < -0.3 is 10.4 Å². The lowest BCUT2D eigenvalue weighted by atomic mass is 9.90. The molecule has 19 heavy (non-hydrogen) atoms. The highest BCUT2D eigenvalue weighted by atomic mass is 16.4. The predicted molar refractivity (Wildman–Crippen MR) is 72.3 cm³/mol. The molecule has 0 unspecified atom stereocenters. The fourth-order valence-corrected chi connectivity index (χ4v) is 2.42. The number of carboxylic acid groups (broad SMARTS) is 1. The summed E-state index contributed by atoms with van der Waals surface area (Å²) in [5.74, 6) is -0.943. The van der Waals surface area contributed by atoms with Gasteiger partial charge in [-0.05, 0) is 55.4 Å². The summed E-state index contributed by atoms with van der Waals surface area (Å²) in [5.41, 5.74) is 3.31. The van der Waals surface area contributed by atoms with Crippen LogP contribution in [0.1, 0.15) is 47.2 Å². The van der Waals surface area contributed by atoms with Crippen LogP contribution < -0.4 is 5.32 Å². The van der Waals surface area contributed by atoms with Crippen LogP contribution in [-0.2, 0) is 17.6 Å². The number of hydrogen-bond acceptors (Lipinski definition) is 2. The monoisotopic (exact) mass is 261 g/mol. The van der Waals surface area contributed by atoms with E-state index < -0.39 is 5.97 Å². The minimum Gasteiger partial charge on any atom is -0.481 e. The van der Waals surface area contributed by atoms with Crippen LogP contribution in [0.15, 0.2) is 18.2 Å². The van der Waals surface area contributed by atoms with Crippen molar-refractivity contribution in [2.24, 2.45) is 0 Å². The Bertz CT molecular complexity index is 482. The van der Waals surface area contributed by atoms with Crippen LogP contribution in [0.2, 0.25) is 0 Å². The van der Waals surface area contributed by atoms with Crippen molar-refractivity contribution >= 4 is 11.9 Å². The van der Waals surface area contributed by atoms with Gasteiger partial charge in [-0.3, -0.25) is 9.59 Å². The van der Waals surface area contributed by atoms with Crippen molar-refractivity contribution in [3.8, 4) is 0 Å². The summed E-state index contributed by atoms with van der Waals surface area (Å²) < 4.78 is 0. The molecule has 0 heterocycles. The summed E-state index contributed by atoms with van der Waals surface area (Å²) >= 11 is 0. The number of carbonyl (C=O) groups excluding carboxylic acids is 1. The van der Waals surface area contributed by atoms with E-state index in [2.05, 4.69) is 5.32 Å². The number of benzene rings is 1. The molecule has 0 spiro atoms. The van der Waals surface area contributed by atoms with E-state index in [9.17, 15) is 9.59 Å². The molecular formula is C15H19NO3. The lowest BCUT2D eigenvalue weighted by Gasteiger charge is -2.16. The van der Waals surface area contributed by atoms with Crippen molar-refractivity contribution in [3.63, 3.8) is 0 Å². The average molecular weight is 261 g/mol. The molecule has 4 nitrogen and oxygen atoms in total. The summed E-state index contributed by atoms with van der Waals surface area (Å²) in [7, 11) is 0. The van der Waals surface area contributed by atoms with E-state index in [1.807, 2.05) is 18.2 Å². The third-order valence-electron chi connectivity index (χ3n) is 3.46. The van der Waals surface area contributed by atoms with Crippen LogP contribution in [0.3, 0.4) is 0 Å². The first-order valence-electron chi connectivity index (χ1n) is 6.78. The van der Waals surface area contributed by atoms with Crippen LogP contribution in [0.25, 0.3) is 0 Å². The summed E-state index contributed by atoms with van der Waals surface area (Å²) in [6, 6.07) is 5.87. The molecule has 2 N–H and O–H groups in total. The first kappa shape index (κ1) is 13.6. The number of rotatable bonds is 5. The molecule has 1 aromatic rings. The van der Waals surface area contributed by atoms with Crippen LogP contribution in [0, 0.1) is 0 Å². The van der Waals surface area contributed by atoms with Gasteiger partial charge in [-0.1, -0.05) is 6.07 Å². The molecule has 0 aromatic heterocycles. The van der Waals surface area contributed by atoms with E-state index in [0.717, 1.165) is 12.8 Å². The zero-order chi connectivity index (χ0) is 13.7. The summed E-state index contributed by atoms with van der Waals surface area (Å²) in [6.07, 6.45) is 5.13. The van der Waals surface area contributed by atoms with Crippen molar-refractivity contribution in [1.82, 2.24) is 5.32 Å². The fraction of sp³-hybridized carbons (Fsp3) is 0.467. The second kappa shape index (κ2) is 6.36. The lowest BCUT2D eigenvalue weighted by molar-refractivity contribution is -0.137. The fourth-order valence-electron chi connectivity index (χ4n) is 2.42. The predicted octanol–water partition coefficient (Wildman–Crippen LogP) is 2.16. The number of aliphatic carboxylic acids is 1. The summed E-state index contributed by atoms with van der Waals surface area (Å²) in [5, 5.41) is 11.3.